The fourth-order valence-corrected chi connectivity index (χ4v) is 5.28. The van der Waals surface area contributed by atoms with Crippen molar-refractivity contribution in [2.45, 2.75) is 31.4 Å². The third-order valence-corrected chi connectivity index (χ3v) is 7.21. The number of imide groups is 1. The van der Waals surface area contributed by atoms with Crippen molar-refractivity contribution < 1.29 is 14.0 Å². The number of rotatable bonds is 4. The summed E-state index contributed by atoms with van der Waals surface area (Å²) in [6.07, 6.45) is 1.01. The molecule has 32 heavy (non-hydrogen) atoms. The zero-order valence-electron chi connectivity index (χ0n) is 18.5. The molecule has 8 nitrogen and oxygen atoms in total. The van der Waals surface area contributed by atoms with Crippen molar-refractivity contribution in [1.29, 1.82) is 0 Å². The maximum absolute atomic E-state index is 14.2. The zero-order chi connectivity index (χ0) is 22.2. The number of piperidine rings is 2. The van der Waals surface area contributed by atoms with Crippen molar-refractivity contribution in [3.8, 4) is 0 Å². The molecule has 172 valence electrons. The van der Waals surface area contributed by atoms with Crippen molar-refractivity contribution in [3.63, 3.8) is 0 Å². The molecule has 3 atom stereocenters. The van der Waals surface area contributed by atoms with Crippen LogP contribution in [-0.4, -0.2) is 78.5 Å². The highest BCUT2D eigenvalue weighted by Crippen LogP contribution is 2.32. The molecule has 1 unspecified atom stereocenters. The van der Waals surface area contributed by atoms with Crippen LogP contribution < -0.4 is 15.5 Å². The second-order valence-electron chi connectivity index (χ2n) is 9.27. The van der Waals surface area contributed by atoms with Crippen LogP contribution >= 0.6 is 0 Å². The number of benzene rings is 1. The quantitative estimate of drug-likeness (QED) is 0.692. The lowest BCUT2D eigenvalue weighted by molar-refractivity contribution is -0.134. The van der Waals surface area contributed by atoms with Gasteiger partial charge < -0.3 is 10.2 Å². The van der Waals surface area contributed by atoms with Crippen LogP contribution in [0.2, 0.25) is 0 Å². The van der Waals surface area contributed by atoms with Gasteiger partial charge in [0, 0.05) is 69.7 Å². The molecule has 2 N–H and O–H groups in total. The van der Waals surface area contributed by atoms with Gasteiger partial charge in [0.05, 0.1) is 17.1 Å². The first-order chi connectivity index (χ1) is 15.5. The average Bonchev–Trinajstić information content (AvgIpc) is 3.11. The predicted molar refractivity (Wildman–Crippen MR) is 120 cm³/mol. The SMILES string of the molecule is Cn1nc(C2CCC(=O)NC2=O)c2ccc(N3CCN(C[C@@H]4CCNC[C@@H]4F)CC3)cc21. The third kappa shape index (κ3) is 4.11. The highest BCUT2D eigenvalue weighted by Gasteiger charge is 2.32. The van der Waals surface area contributed by atoms with Crippen molar-refractivity contribution in [2.24, 2.45) is 13.0 Å². The molecule has 5 rings (SSSR count). The summed E-state index contributed by atoms with van der Waals surface area (Å²) in [4.78, 5) is 28.6. The summed E-state index contributed by atoms with van der Waals surface area (Å²) < 4.78 is 16.0. The highest BCUT2D eigenvalue weighted by atomic mass is 19.1. The Balaban J connectivity index is 1.27. The number of carbonyl (C=O) groups excluding carboxylic acids is 2. The fraction of sp³-hybridized carbons (Fsp3) is 0.609. The molecule has 0 spiro atoms. The highest BCUT2D eigenvalue weighted by molar-refractivity contribution is 6.02. The summed E-state index contributed by atoms with van der Waals surface area (Å²) in [7, 11) is 1.89. The van der Waals surface area contributed by atoms with Gasteiger partial charge in [-0.15, -0.1) is 0 Å². The third-order valence-electron chi connectivity index (χ3n) is 7.21. The van der Waals surface area contributed by atoms with E-state index in [0.717, 1.165) is 68.0 Å². The monoisotopic (exact) mass is 442 g/mol. The molecule has 0 radical (unpaired) electrons. The van der Waals surface area contributed by atoms with E-state index in [1.807, 2.05) is 17.8 Å². The summed E-state index contributed by atoms with van der Waals surface area (Å²) in [6, 6.07) is 6.28. The molecule has 3 fully saturated rings. The second kappa shape index (κ2) is 8.78. The normalized spacial score (nSPS) is 27.7. The van der Waals surface area contributed by atoms with Crippen LogP contribution in [0.1, 0.15) is 30.9 Å². The van der Waals surface area contributed by atoms with Crippen LogP contribution in [0.25, 0.3) is 10.9 Å². The molecule has 2 aromatic rings. The first kappa shape index (κ1) is 21.3. The van der Waals surface area contributed by atoms with E-state index in [1.54, 1.807) is 0 Å². The smallest absolute Gasteiger partial charge is 0.235 e. The van der Waals surface area contributed by atoms with E-state index < -0.39 is 6.17 Å². The molecular formula is C23H31FN6O2. The Hall–Kier alpha value is -2.52. The molecular weight excluding hydrogens is 411 g/mol. The van der Waals surface area contributed by atoms with Crippen LogP contribution in [0.5, 0.6) is 0 Å². The van der Waals surface area contributed by atoms with Gasteiger partial charge in [-0.25, -0.2) is 4.39 Å². The maximum atomic E-state index is 14.2. The number of aryl methyl sites for hydroxylation is 1. The van der Waals surface area contributed by atoms with Crippen molar-refractivity contribution in [2.75, 3.05) is 50.7 Å². The van der Waals surface area contributed by atoms with Crippen LogP contribution in [0.15, 0.2) is 18.2 Å². The van der Waals surface area contributed by atoms with E-state index in [1.165, 1.54) is 0 Å². The number of piperazine rings is 1. The van der Waals surface area contributed by atoms with Gasteiger partial charge in [-0.05, 0) is 37.6 Å². The Morgan fingerprint density at radius 2 is 1.97 bits per heavy atom. The molecule has 4 heterocycles. The molecule has 3 aliphatic rings. The van der Waals surface area contributed by atoms with Gasteiger partial charge in [0.25, 0.3) is 0 Å². The number of halogens is 1. The number of hydrogen-bond acceptors (Lipinski definition) is 6. The molecule has 3 aliphatic heterocycles. The van der Waals surface area contributed by atoms with Crippen LogP contribution in [0.4, 0.5) is 10.1 Å². The van der Waals surface area contributed by atoms with E-state index >= 15 is 0 Å². The van der Waals surface area contributed by atoms with E-state index in [0.29, 0.717) is 19.4 Å². The molecule has 0 saturated carbocycles. The lowest BCUT2D eigenvalue weighted by Crippen LogP contribution is -2.50. The Morgan fingerprint density at radius 1 is 1.16 bits per heavy atom. The van der Waals surface area contributed by atoms with Gasteiger partial charge in [-0.3, -0.25) is 24.5 Å². The number of anilines is 1. The van der Waals surface area contributed by atoms with Gasteiger partial charge in [0.2, 0.25) is 11.8 Å². The molecule has 2 amide bonds. The number of fused-ring (bicyclic) bond motifs is 1. The molecule has 1 aromatic carbocycles. The van der Waals surface area contributed by atoms with Crippen molar-refractivity contribution in [3.05, 3.63) is 23.9 Å². The van der Waals surface area contributed by atoms with Crippen LogP contribution in [0.3, 0.4) is 0 Å². The summed E-state index contributed by atoms with van der Waals surface area (Å²) in [6.45, 7) is 5.92. The lowest BCUT2D eigenvalue weighted by atomic mass is 9.93. The standard InChI is InChI=1S/C23H31FN6O2/c1-28-20-12-16(2-3-17(20)22(27-28)18-4-5-21(31)26-23(18)32)30-10-8-29(9-11-30)14-15-6-7-25-13-19(15)24/h2-3,12,15,18-19,25H,4-11,13-14H2,1H3,(H,26,31,32)/t15-,18?,19-/m0/s1. The lowest BCUT2D eigenvalue weighted by Gasteiger charge is -2.39. The van der Waals surface area contributed by atoms with E-state index in [9.17, 15) is 14.0 Å². The van der Waals surface area contributed by atoms with E-state index in [-0.39, 0.29) is 23.7 Å². The summed E-state index contributed by atoms with van der Waals surface area (Å²) in [5.74, 6) is -0.722. The number of aromatic nitrogens is 2. The Morgan fingerprint density at radius 3 is 2.72 bits per heavy atom. The first-order valence-electron chi connectivity index (χ1n) is 11.6. The van der Waals surface area contributed by atoms with E-state index in [2.05, 4.69) is 37.7 Å². The summed E-state index contributed by atoms with van der Waals surface area (Å²) >= 11 is 0. The van der Waals surface area contributed by atoms with Crippen LogP contribution in [-0.2, 0) is 16.6 Å². The largest absolute Gasteiger partial charge is 0.369 e. The Kier molecular flexibility index (Phi) is 5.86. The zero-order valence-corrected chi connectivity index (χ0v) is 18.5. The first-order valence-corrected chi connectivity index (χ1v) is 11.6. The Labute approximate surface area is 187 Å². The minimum Gasteiger partial charge on any atom is -0.369 e. The molecule has 9 heteroatoms. The van der Waals surface area contributed by atoms with Gasteiger partial charge >= 0.3 is 0 Å². The molecule has 3 saturated heterocycles. The predicted octanol–water partition coefficient (Wildman–Crippen LogP) is 1.16. The topological polar surface area (TPSA) is 82.5 Å². The number of nitrogens with one attached hydrogen (secondary N) is 2. The van der Waals surface area contributed by atoms with Crippen molar-refractivity contribution in [1.82, 2.24) is 25.3 Å². The van der Waals surface area contributed by atoms with Gasteiger partial charge in [0.1, 0.15) is 6.17 Å². The average molecular weight is 443 g/mol. The van der Waals surface area contributed by atoms with Crippen molar-refractivity contribution >= 4 is 28.4 Å². The summed E-state index contributed by atoms with van der Waals surface area (Å²) in [5, 5.41) is 11.2. The van der Waals surface area contributed by atoms with E-state index in [4.69, 9.17) is 0 Å². The fourth-order valence-electron chi connectivity index (χ4n) is 5.28. The van der Waals surface area contributed by atoms with Gasteiger partial charge in [-0.1, -0.05) is 0 Å². The van der Waals surface area contributed by atoms with Crippen LogP contribution in [0, 0.1) is 5.92 Å². The molecule has 0 bridgehead atoms. The minimum atomic E-state index is -0.743. The number of alkyl halides is 1. The number of carbonyl (C=O) groups is 2. The second-order valence-corrected chi connectivity index (χ2v) is 9.27. The van der Waals surface area contributed by atoms with Gasteiger partial charge in [-0.2, -0.15) is 5.10 Å². The van der Waals surface area contributed by atoms with Gasteiger partial charge in [0.15, 0.2) is 0 Å². The minimum absolute atomic E-state index is 0.138. The molecule has 1 aromatic heterocycles. The maximum Gasteiger partial charge on any atom is 0.235 e. The Bertz CT molecular complexity index is 1020. The summed E-state index contributed by atoms with van der Waals surface area (Å²) in [5.41, 5.74) is 2.87. The number of hydrogen-bond donors (Lipinski definition) is 2. The number of amides is 2. The number of nitrogens with zero attached hydrogens (tertiary/aromatic N) is 4. The molecule has 0 aliphatic carbocycles.